The molecule has 5 rings (SSSR count). The highest BCUT2D eigenvalue weighted by molar-refractivity contribution is 5.98. The minimum Gasteiger partial charge on any atom is -0.508 e. The third-order valence-electron chi connectivity index (χ3n) is 5.50. The predicted molar refractivity (Wildman–Crippen MR) is 113 cm³/mol. The molecule has 4 heterocycles. The van der Waals surface area contributed by atoms with Crippen molar-refractivity contribution in [1.82, 2.24) is 20.1 Å². The summed E-state index contributed by atoms with van der Waals surface area (Å²) in [4.78, 5) is 9.12. The van der Waals surface area contributed by atoms with Crippen LogP contribution in [0.4, 0.5) is 5.88 Å². The summed E-state index contributed by atoms with van der Waals surface area (Å²) < 4.78 is 6.22. The summed E-state index contributed by atoms with van der Waals surface area (Å²) in [5, 5.41) is 27.4. The van der Waals surface area contributed by atoms with Crippen LogP contribution in [-0.4, -0.2) is 58.4 Å². The van der Waals surface area contributed by atoms with E-state index in [4.69, 9.17) is 4.42 Å². The van der Waals surface area contributed by atoms with Crippen LogP contribution in [-0.2, 0) is 0 Å². The van der Waals surface area contributed by atoms with Crippen LogP contribution in [0.3, 0.4) is 0 Å². The van der Waals surface area contributed by atoms with Crippen molar-refractivity contribution in [1.29, 1.82) is 5.26 Å². The summed E-state index contributed by atoms with van der Waals surface area (Å²) in [7, 11) is 2.11. The van der Waals surface area contributed by atoms with Gasteiger partial charge in [0, 0.05) is 43.4 Å². The Bertz CT molecular complexity index is 1240. The first kappa shape index (κ1) is 18.2. The van der Waals surface area contributed by atoms with Crippen molar-refractivity contribution < 1.29 is 9.52 Å². The number of phenols is 1. The normalized spacial score (nSPS) is 14.9. The predicted octanol–water partition coefficient (Wildman–Crippen LogP) is 3.21. The van der Waals surface area contributed by atoms with Gasteiger partial charge in [0.25, 0.3) is 0 Å². The maximum atomic E-state index is 10.0. The number of aromatic amines is 1. The van der Waals surface area contributed by atoms with E-state index in [2.05, 4.69) is 38.1 Å². The van der Waals surface area contributed by atoms with Crippen molar-refractivity contribution in [3.63, 3.8) is 0 Å². The van der Waals surface area contributed by atoms with E-state index in [1.54, 1.807) is 30.5 Å². The average Bonchev–Trinajstić information content (AvgIpc) is 3.43. The number of hydrogen-bond donors (Lipinski definition) is 2. The van der Waals surface area contributed by atoms with Gasteiger partial charge in [-0.15, -0.1) is 0 Å². The number of fused-ring (bicyclic) bond motifs is 1. The highest BCUT2D eigenvalue weighted by atomic mass is 16.4. The summed E-state index contributed by atoms with van der Waals surface area (Å²) in [5.41, 5.74) is 2.90. The van der Waals surface area contributed by atoms with Crippen molar-refractivity contribution in [3.05, 3.63) is 48.2 Å². The van der Waals surface area contributed by atoms with Crippen molar-refractivity contribution in [2.24, 2.45) is 0 Å². The molecule has 0 amide bonds. The van der Waals surface area contributed by atoms with Gasteiger partial charge in [-0.05, 0) is 37.4 Å². The zero-order valence-electron chi connectivity index (χ0n) is 16.5. The zero-order valence-corrected chi connectivity index (χ0v) is 16.5. The highest BCUT2D eigenvalue weighted by Gasteiger charge is 2.23. The smallest absolute Gasteiger partial charge is 0.196 e. The van der Waals surface area contributed by atoms with E-state index in [-0.39, 0.29) is 5.75 Å². The summed E-state index contributed by atoms with van der Waals surface area (Å²) in [5.74, 6) is 1.55. The topological polar surface area (TPSA) is 105 Å². The quantitative estimate of drug-likeness (QED) is 0.544. The van der Waals surface area contributed by atoms with Crippen LogP contribution >= 0.6 is 0 Å². The molecule has 0 aliphatic carbocycles. The van der Waals surface area contributed by atoms with Crippen molar-refractivity contribution in [2.75, 3.05) is 38.1 Å². The summed E-state index contributed by atoms with van der Waals surface area (Å²) in [6, 6.07) is 12.8. The van der Waals surface area contributed by atoms with Crippen LogP contribution in [0, 0.1) is 11.3 Å². The molecule has 3 aromatic heterocycles. The minimum atomic E-state index is 0.156. The molecule has 2 N–H and O–H groups in total. The molecule has 8 heteroatoms. The van der Waals surface area contributed by atoms with Crippen molar-refractivity contribution in [2.45, 2.75) is 0 Å². The molecule has 0 radical (unpaired) electrons. The lowest BCUT2D eigenvalue weighted by molar-refractivity contribution is 0.306. The molecule has 1 aromatic carbocycles. The van der Waals surface area contributed by atoms with Crippen molar-refractivity contribution in [3.8, 4) is 34.4 Å². The number of H-pyrrole nitrogens is 1. The second-order valence-corrected chi connectivity index (χ2v) is 7.43. The molecule has 150 valence electrons. The number of aromatic nitrogens is 3. The van der Waals surface area contributed by atoms with Gasteiger partial charge in [0.1, 0.15) is 17.6 Å². The van der Waals surface area contributed by atoms with Crippen LogP contribution in [0.1, 0.15) is 5.56 Å². The van der Waals surface area contributed by atoms with Gasteiger partial charge in [-0.25, -0.2) is 4.98 Å². The van der Waals surface area contributed by atoms with Crippen LogP contribution in [0.5, 0.6) is 5.75 Å². The highest BCUT2D eigenvalue weighted by Crippen LogP contribution is 2.38. The molecule has 8 nitrogen and oxygen atoms in total. The lowest BCUT2D eigenvalue weighted by Gasteiger charge is -2.32. The third kappa shape index (κ3) is 3.06. The van der Waals surface area contributed by atoms with Gasteiger partial charge < -0.3 is 19.3 Å². The number of rotatable bonds is 3. The number of likely N-dealkylation sites (N-methyl/N-ethyl adjacent to an activating group) is 1. The lowest BCUT2D eigenvalue weighted by Crippen LogP contribution is -2.44. The van der Waals surface area contributed by atoms with E-state index in [9.17, 15) is 10.4 Å². The number of piperazine rings is 1. The fourth-order valence-corrected chi connectivity index (χ4v) is 3.82. The summed E-state index contributed by atoms with van der Waals surface area (Å²) >= 11 is 0. The largest absolute Gasteiger partial charge is 0.508 e. The molecular formula is C22H20N6O2. The monoisotopic (exact) mass is 400 g/mol. The Kier molecular flexibility index (Phi) is 4.38. The Labute approximate surface area is 173 Å². The number of phenolic OH excluding ortho intramolecular Hbond substituents is 1. The number of nitrogens with zero attached hydrogens (tertiary/aromatic N) is 5. The summed E-state index contributed by atoms with van der Waals surface area (Å²) in [6.45, 7) is 3.74. The fourth-order valence-electron chi connectivity index (χ4n) is 3.82. The number of pyridine rings is 1. The Balaban J connectivity index is 1.65. The van der Waals surface area contributed by atoms with Gasteiger partial charge in [0.15, 0.2) is 11.5 Å². The number of benzene rings is 1. The number of nitrogens with one attached hydrogen (secondary N) is 1. The van der Waals surface area contributed by atoms with Gasteiger partial charge in [-0.2, -0.15) is 10.4 Å². The van der Waals surface area contributed by atoms with Gasteiger partial charge in [0.2, 0.25) is 0 Å². The number of aromatic hydroxyl groups is 1. The van der Waals surface area contributed by atoms with Gasteiger partial charge >= 0.3 is 0 Å². The molecule has 0 saturated carbocycles. The first-order valence-electron chi connectivity index (χ1n) is 9.74. The second-order valence-electron chi connectivity index (χ2n) is 7.43. The molecule has 4 aromatic rings. The van der Waals surface area contributed by atoms with Crippen molar-refractivity contribution >= 4 is 16.9 Å². The standard InChI is InChI=1S/C22H20N6O2/c1-27-8-10-28(11-9-27)19-7-6-18(30-19)20-16(12-23)21(14-2-4-15(29)5-3-14)25-22-17(20)13-24-26-22/h2-7,13,29H,8-11H2,1H3,(H,24,25,26). The Hall–Kier alpha value is -3.83. The van der Waals surface area contributed by atoms with Gasteiger partial charge in [-0.1, -0.05) is 0 Å². The van der Waals surface area contributed by atoms with E-state index in [1.807, 2.05) is 12.1 Å². The second kappa shape index (κ2) is 7.21. The number of furan rings is 1. The van der Waals surface area contributed by atoms with E-state index >= 15 is 0 Å². The van der Waals surface area contributed by atoms with Crippen LogP contribution in [0.2, 0.25) is 0 Å². The maximum absolute atomic E-state index is 10.0. The Morgan fingerprint density at radius 1 is 1.10 bits per heavy atom. The van der Waals surface area contributed by atoms with Gasteiger partial charge in [-0.3, -0.25) is 5.10 Å². The molecule has 1 fully saturated rings. The van der Waals surface area contributed by atoms with E-state index < -0.39 is 0 Å². The maximum Gasteiger partial charge on any atom is 0.196 e. The number of hydrogen-bond acceptors (Lipinski definition) is 7. The molecule has 0 atom stereocenters. The first-order valence-corrected chi connectivity index (χ1v) is 9.74. The third-order valence-corrected chi connectivity index (χ3v) is 5.50. The average molecular weight is 400 g/mol. The number of nitriles is 1. The van der Waals surface area contributed by atoms with Crippen LogP contribution < -0.4 is 4.90 Å². The SMILES string of the molecule is CN1CCN(c2ccc(-c3c(C#N)c(-c4ccc(O)cc4)nc4[nH]ncc34)o2)CC1. The first-order chi connectivity index (χ1) is 14.6. The summed E-state index contributed by atoms with van der Waals surface area (Å²) in [6.07, 6.45) is 1.66. The Morgan fingerprint density at radius 3 is 2.60 bits per heavy atom. The van der Waals surface area contributed by atoms with Gasteiger partial charge in [0.05, 0.1) is 22.8 Å². The van der Waals surface area contributed by atoms with Crippen LogP contribution in [0.25, 0.3) is 33.6 Å². The molecule has 1 aliphatic heterocycles. The van der Waals surface area contributed by atoms with E-state index in [1.165, 1.54) is 0 Å². The van der Waals surface area contributed by atoms with E-state index in [0.717, 1.165) is 43.0 Å². The van der Waals surface area contributed by atoms with E-state index in [0.29, 0.717) is 28.2 Å². The fraction of sp³-hybridized carbons (Fsp3) is 0.227. The zero-order chi connectivity index (χ0) is 20.7. The minimum absolute atomic E-state index is 0.156. The molecule has 30 heavy (non-hydrogen) atoms. The molecule has 1 saturated heterocycles. The molecular weight excluding hydrogens is 380 g/mol. The molecule has 1 aliphatic rings. The lowest BCUT2D eigenvalue weighted by atomic mass is 9.98. The number of anilines is 1. The Morgan fingerprint density at radius 2 is 1.87 bits per heavy atom. The molecule has 0 spiro atoms. The molecule has 0 bridgehead atoms. The van der Waals surface area contributed by atoms with Crippen LogP contribution in [0.15, 0.2) is 47.0 Å². The molecule has 0 unspecified atom stereocenters.